The second-order valence-electron chi connectivity index (χ2n) is 7.86. The van der Waals surface area contributed by atoms with E-state index < -0.39 is 23.0 Å². The highest BCUT2D eigenvalue weighted by atomic mass is 19.1. The van der Waals surface area contributed by atoms with Crippen LogP contribution in [-0.4, -0.2) is 52.5 Å². The summed E-state index contributed by atoms with van der Waals surface area (Å²) in [4.78, 5) is 40.3. The van der Waals surface area contributed by atoms with Gasteiger partial charge in [-0.3, -0.25) is 14.4 Å². The lowest BCUT2D eigenvalue weighted by Gasteiger charge is -2.36. The van der Waals surface area contributed by atoms with Crippen molar-refractivity contribution in [2.24, 2.45) is 0 Å². The van der Waals surface area contributed by atoms with E-state index >= 15 is 0 Å². The Morgan fingerprint density at radius 3 is 2.24 bits per heavy atom. The van der Waals surface area contributed by atoms with Gasteiger partial charge < -0.3 is 9.80 Å². The third kappa shape index (κ3) is 4.39. The molecule has 0 bridgehead atoms. The van der Waals surface area contributed by atoms with E-state index in [1.165, 1.54) is 40.8 Å². The van der Waals surface area contributed by atoms with Gasteiger partial charge >= 0.3 is 0 Å². The summed E-state index contributed by atoms with van der Waals surface area (Å²) in [6.45, 7) is 4.17. The van der Waals surface area contributed by atoms with Crippen LogP contribution in [0.3, 0.4) is 0 Å². The van der Waals surface area contributed by atoms with Crippen LogP contribution in [0.1, 0.15) is 33.5 Å². The minimum atomic E-state index is -0.558. The molecule has 1 aromatic heterocycles. The van der Waals surface area contributed by atoms with Gasteiger partial charge in [-0.1, -0.05) is 12.1 Å². The van der Waals surface area contributed by atoms with Gasteiger partial charge in [0.05, 0.1) is 5.69 Å². The number of benzene rings is 2. The Kier molecular flexibility index (Phi) is 6.04. The fraction of sp³-hybridized carbons (Fsp3) is 0.250. The average molecular weight is 452 g/mol. The second-order valence-corrected chi connectivity index (χ2v) is 7.86. The SMILES string of the molecule is CC(=O)c1ccc(N2CCN(C(=O)c3nn(-c4ccccc4F)c(C)cc3=O)CC2)c(F)c1. The van der Waals surface area contributed by atoms with Gasteiger partial charge in [0.2, 0.25) is 5.43 Å². The molecule has 170 valence electrons. The third-order valence-electron chi connectivity index (χ3n) is 5.65. The minimum Gasteiger partial charge on any atom is -0.366 e. The lowest BCUT2D eigenvalue weighted by atomic mass is 10.1. The maximum Gasteiger partial charge on any atom is 0.278 e. The zero-order chi connectivity index (χ0) is 23.7. The zero-order valence-corrected chi connectivity index (χ0v) is 18.2. The molecule has 33 heavy (non-hydrogen) atoms. The van der Waals surface area contributed by atoms with Gasteiger partial charge in [0.1, 0.15) is 17.3 Å². The lowest BCUT2D eigenvalue weighted by molar-refractivity contribution is 0.0737. The third-order valence-corrected chi connectivity index (χ3v) is 5.65. The number of amides is 1. The van der Waals surface area contributed by atoms with Crippen molar-refractivity contribution in [3.05, 3.63) is 87.3 Å². The Balaban J connectivity index is 1.54. The summed E-state index contributed by atoms with van der Waals surface area (Å²) in [5, 5.41) is 4.16. The molecule has 9 heteroatoms. The van der Waals surface area contributed by atoms with Crippen LogP contribution in [0, 0.1) is 18.6 Å². The number of carbonyl (C=O) groups is 2. The largest absolute Gasteiger partial charge is 0.366 e. The molecule has 0 atom stereocenters. The number of aromatic nitrogens is 2. The van der Waals surface area contributed by atoms with Gasteiger partial charge in [0, 0.05) is 43.5 Å². The second kappa shape index (κ2) is 8.93. The van der Waals surface area contributed by atoms with E-state index in [9.17, 15) is 23.2 Å². The quantitative estimate of drug-likeness (QED) is 0.569. The molecule has 0 saturated carbocycles. The van der Waals surface area contributed by atoms with Crippen LogP contribution in [0.2, 0.25) is 0 Å². The molecule has 0 aliphatic carbocycles. The molecule has 1 fully saturated rings. The molecule has 1 saturated heterocycles. The molecule has 2 heterocycles. The summed E-state index contributed by atoms with van der Waals surface area (Å²) in [7, 11) is 0. The fourth-order valence-electron chi connectivity index (χ4n) is 3.85. The maximum absolute atomic E-state index is 14.5. The van der Waals surface area contributed by atoms with Gasteiger partial charge in [0.15, 0.2) is 11.5 Å². The zero-order valence-electron chi connectivity index (χ0n) is 18.2. The predicted octanol–water partition coefficient (Wildman–Crippen LogP) is 2.98. The lowest BCUT2D eigenvalue weighted by Crippen LogP contribution is -2.50. The van der Waals surface area contributed by atoms with E-state index in [0.717, 1.165) is 0 Å². The van der Waals surface area contributed by atoms with E-state index in [1.54, 1.807) is 36.1 Å². The maximum atomic E-state index is 14.5. The van der Waals surface area contributed by atoms with Crippen molar-refractivity contribution in [1.82, 2.24) is 14.7 Å². The highest BCUT2D eigenvalue weighted by Crippen LogP contribution is 2.23. The summed E-state index contributed by atoms with van der Waals surface area (Å²) in [6.07, 6.45) is 0. The first-order valence-corrected chi connectivity index (χ1v) is 10.5. The van der Waals surface area contributed by atoms with Crippen LogP contribution in [-0.2, 0) is 0 Å². The number of hydrogen-bond donors (Lipinski definition) is 0. The standard InChI is InChI=1S/C24H22F2N4O3/c1-15-13-22(32)23(27-30(15)21-6-4-3-5-18(21)25)24(33)29-11-9-28(10-12-29)20-8-7-17(16(2)31)14-19(20)26/h3-8,13-14H,9-12H2,1-2H3. The van der Waals surface area contributed by atoms with Crippen molar-refractivity contribution in [2.75, 3.05) is 31.1 Å². The number of hydrogen-bond acceptors (Lipinski definition) is 5. The van der Waals surface area contributed by atoms with Gasteiger partial charge in [-0.05, 0) is 44.2 Å². The molecule has 4 rings (SSSR count). The first-order valence-electron chi connectivity index (χ1n) is 10.5. The number of halogens is 2. The van der Waals surface area contributed by atoms with E-state index in [0.29, 0.717) is 30.0 Å². The molecule has 0 radical (unpaired) electrons. The number of piperazine rings is 1. The van der Waals surface area contributed by atoms with Crippen LogP contribution in [0.5, 0.6) is 0 Å². The Hall–Kier alpha value is -3.88. The number of anilines is 1. The smallest absolute Gasteiger partial charge is 0.278 e. The number of aryl methyl sites for hydroxylation is 1. The van der Waals surface area contributed by atoms with Gasteiger partial charge in [-0.15, -0.1) is 0 Å². The summed E-state index contributed by atoms with van der Waals surface area (Å²) in [5.41, 5.74) is 0.339. The highest BCUT2D eigenvalue weighted by Gasteiger charge is 2.27. The molecule has 2 aromatic carbocycles. The Bertz CT molecular complexity index is 1300. The molecule has 0 unspecified atom stereocenters. The van der Waals surface area contributed by atoms with Crippen molar-refractivity contribution >= 4 is 17.4 Å². The van der Waals surface area contributed by atoms with E-state index in [1.807, 2.05) is 0 Å². The summed E-state index contributed by atoms with van der Waals surface area (Å²) < 4.78 is 30.0. The minimum absolute atomic E-state index is 0.137. The van der Waals surface area contributed by atoms with Crippen LogP contribution in [0.15, 0.2) is 53.3 Å². The molecule has 1 aliphatic heterocycles. The van der Waals surface area contributed by atoms with Crippen LogP contribution in [0.25, 0.3) is 5.69 Å². The summed E-state index contributed by atoms with van der Waals surface area (Å²) in [5.74, 6) is -1.81. The van der Waals surface area contributed by atoms with Gasteiger partial charge in [0.25, 0.3) is 5.91 Å². The highest BCUT2D eigenvalue weighted by molar-refractivity contribution is 5.94. The number of Topliss-reactive ketones (excluding diaryl/α,β-unsaturated/α-hetero) is 1. The van der Waals surface area contributed by atoms with E-state index in [4.69, 9.17) is 0 Å². The number of para-hydroxylation sites is 1. The molecule has 1 aliphatic rings. The van der Waals surface area contributed by atoms with Gasteiger partial charge in [-0.25, -0.2) is 13.5 Å². The number of rotatable bonds is 4. The van der Waals surface area contributed by atoms with Crippen LogP contribution >= 0.6 is 0 Å². The topological polar surface area (TPSA) is 75.5 Å². The molecular formula is C24H22F2N4O3. The monoisotopic (exact) mass is 452 g/mol. The summed E-state index contributed by atoms with van der Waals surface area (Å²) in [6, 6.07) is 11.6. The molecule has 7 nitrogen and oxygen atoms in total. The number of nitrogens with zero attached hydrogens (tertiary/aromatic N) is 4. The predicted molar refractivity (Wildman–Crippen MR) is 119 cm³/mol. The molecule has 1 amide bonds. The fourth-order valence-corrected chi connectivity index (χ4v) is 3.85. The molecule has 0 spiro atoms. The van der Waals surface area contributed by atoms with Crippen molar-refractivity contribution in [3.63, 3.8) is 0 Å². The van der Waals surface area contributed by atoms with Gasteiger partial charge in [-0.2, -0.15) is 5.10 Å². The van der Waals surface area contributed by atoms with Crippen LogP contribution in [0.4, 0.5) is 14.5 Å². The van der Waals surface area contributed by atoms with Crippen molar-refractivity contribution in [1.29, 1.82) is 0 Å². The first-order chi connectivity index (χ1) is 15.8. The number of carbonyl (C=O) groups excluding carboxylic acids is 2. The molecular weight excluding hydrogens is 430 g/mol. The van der Waals surface area contributed by atoms with Crippen LogP contribution < -0.4 is 10.3 Å². The number of ketones is 1. The van der Waals surface area contributed by atoms with Crippen molar-refractivity contribution < 1.29 is 18.4 Å². The summed E-state index contributed by atoms with van der Waals surface area (Å²) >= 11 is 0. The Morgan fingerprint density at radius 2 is 1.61 bits per heavy atom. The normalized spacial score (nSPS) is 13.8. The Morgan fingerprint density at radius 1 is 0.909 bits per heavy atom. The van der Waals surface area contributed by atoms with E-state index in [-0.39, 0.29) is 30.3 Å². The van der Waals surface area contributed by atoms with Crippen molar-refractivity contribution in [2.45, 2.75) is 13.8 Å². The first kappa shape index (κ1) is 22.3. The molecule has 3 aromatic rings. The average Bonchev–Trinajstić information content (AvgIpc) is 2.79. The van der Waals surface area contributed by atoms with Crippen molar-refractivity contribution in [3.8, 4) is 5.69 Å². The molecule has 0 N–H and O–H groups in total. The Labute approximate surface area is 188 Å². The van der Waals surface area contributed by atoms with E-state index in [2.05, 4.69) is 5.10 Å².